The number of cyclic esters (lactones) is 2. The second-order valence-electron chi connectivity index (χ2n) is 4.43. The summed E-state index contributed by atoms with van der Waals surface area (Å²) in [5, 5.41) is 9.12. The molecule has 18 heavy (non-hydrogen) atoms. The van der Waals surface area contributed by atoms with Gasteiger partial charge in [-0.25, -0.2) is 4.79 Å². The molecule has 5 heteroatoms. The average molecular weight is 252 g/mol. The predicted octanol–water partition coefficient (Wildman–Crippen LogP) is 1.49. The molecule has 0 aromatic heterocycles. The van der Waals surface area contributed by atoms with Crippen LogP contribution in [0.15, 0.2) is 30.3 Å². The van der Waals surface area contributed by atoms with E-state index in [9.17, 15) is 4.79 Å². The van der Waals surface area contributed by atoms with E-state index >= 15 is 0 Å². The standard InChI is InChI=1S/C13H16O5/c1-13(11(7-14)17-12(15)18-13)9-16-8-10-5-3-2-4-6-10/h2-6,11,14H,7-9H2,1H3/t11-,13-/m0/s1. The topological polar surface area (TPSA) is 65.0 Å². The van der Waals surface area contributed by atoms with E-state index in [1.165, 1.54) is 0 Å². The molecule has 0 aliphatic carbocycles. The Labute approximate surface area is 105 Å². The Hall–Kier alpha value is -1.59. The van der Waals surface area contributed by atoms with Crippen LogP contribution in [0.3, 0.4) is 0 Å². The van der Waals surface area contributed by atoms with Crippen LogP contribution in [0.4, 0.5) is 4.79 Å². The van der Waals surface area contributed by atoms with Crippen LogP contribution < -0.4 is 0 Å². The van der Waals surface area contributed by atoms with E-state index in [1.54, 1.807) is 6.92 Å². The summed E-state index contributed by atoms with van der Waals surface area (Å²) in [5.74, 6) is 0. The molecule has 0 amide bonds. The van der Waals surface area contributed by atoms with Crippen LogP contribution in [0.2, 0.25) is 0 Å². The first kappa shape index (κ1) is 12.9. The maximum absolute atomic E-state index is 11.1. The number of ether oxygens (including phenoxy) is 3. The van der Waals surface area contributed by atoms with E-state index in [0.29, 0.717) is 6.61 Å². The highest BCUT2D eigenvalue weighted by Gasteiger charge is 2.47. The van der Waals surface area contributed by atoms with E-state index in [1.807, 2.05) is 30.3 Å². The van der Waals surface area contributed by atoms with Crippen molar-refractivity contribution < 1.29 is 24.1 Å². The van der Waals surface area contributed by atoms with Gasteiger partial charge in [-0.3, -0.25) is 0 Å². The molecule has 1 fully saturated rings. The van der Waals surface area contributed by atoms with Crippen molar-refractivity contribution in [1.29, 1.82) is 0 Å². The van der Waals surface area contributed by atoms with Crippen molar-refractivity contribution in [3.05, 3.63) is 35.9 Å². The number of carbonyl (C=O) groups excluding carboxylic acids is 1. The Morgan fingerprint density at radius 1 is 1.39 bits per heavy atom. The highest BCUT2D eigenvalue weighted by Crippen LogP contribution is 2.27. The number of hydrogen-bond donors (Lipinski definition) is 1. The van der Waals surface area contributed by atoms with E-state index in [2.05, 4.69) is 0 Å². The van der Waals surface area contributed by atoms with Gasteiger partial charge in [-0.1, -0.05) is 30.3 Å². The minimum Gasteiger partial charge on any atom is -0.424 e. The Morgan fingerprint density at radius 2 is 2.11 bits per heavy atom. The van der Waals surface area contributed by atoms with Gasteiger partial charge in [-0.05, 0) is 12.5 Å². The molecule has 1 aliphatic rings. The second-order valence-corrected chi connectivity index (χ2v) is 4.43. The van der Waals surface area contributed by atoms with Gasteiger partial charge in [-0.2, -0.15) is 0 Å². The summed E-state index contributed by atoms with van der Waals surface area (Å²) in [7, 11) is 0. The zero-order chi connectivity index (χ0) is 13.0. The third-order valence-corrected chi connectivity index (χ3v) is 2.90. The lowest BCUT2D eigenvalue weighted by atomic mass is 10.0. The first-order valence-electron chi connectivity index (χ1n) is 5.76. The third kappa shape index (κ3) is 2.80. The summed E-state index contributed by atoms with van der Waals surface area (Å²) in [4.78, 5) is 11.1. The Balaban J connectivity index is 1.87. The Bertz CT molecular complexity index is 405. The van der Waals surface area contributed by atoms with Crippen molar-refractivity contribution >= 4 is 6.16 Å². The molecule has 2 rings (SSSR count). The van der Waals surface area contributed by atoms with Gasteiger partial charge < -0.3 is 19.3 Å². The number of carbonyl (C=O) groups is 1. The SMILES string of the molecule is C[C@@]1(COCc2ccccc2)OC(=O)O[C@H]1CO. The fourth-order valence-electron chi connectivity index (χ4n) is 1.82. The molecule has 0 unspecified atom stereocenters. The predicted molar refractivity (Wildman–Crippen MR) is 62.9 cm³/mol. The van der Waals surface area contributed by atoms with Gasteiger partial charge in [0.05, 0.1) is 19.8 Å². The van der Waals surface area contributed by atoms with Crippen LogP contribution in [0.1, 0.15) is 12.5 Å². The molecule has 1 aliphatic heterocycles. The third-order valence-electron chi connectivity index (χ3n) is 2.90. The summed E-state index contributed by atoms with van der Waals surface area (Å²) in [5.41, 5.74) is 0.104. The fraction of sp³-hybridized carbons (Fsp3) is 0.462. The average Bonchev–Trinajstić information content (AvgIpc) is 2.65. The highest BCUT2D eigenvalue weighted by molar-refractivity contribution is 5.63. The molecule has 2 atom stereocenters. The second kappa shape index (κ2) is 5.37. The Kier molecular flexibility index (Phi) is 3.84. The van der Waals surface area contributed by atoms with Crippen LogP contribution in [-0.4, -0.2) is 36.2 Å². The summed E-state index contributed by atoms with van der Waals surface area (Å²) in [6.45, 7) is 2.01. The van der Waals surface area contributed by atoms with Gasteiger partial charge >= 0.3 is 6.16 Å². The van der Waals surface area contributed by atoms with Crippen molar-refractivity contribution in [3.8, 4) is 0 Å². The maximum atomic E-state index is 11.1. The van der Waals surface area contributed by atoms with Crippen molar-refractivity contribution in [2.45, 2.75) is 25.2 Å². The molecule has 5 nitrogen and oxygen atoms in total. The van der Waals surface area contributed by atoms with E-state index in [-0.39, 0.29) is 13.2 Å². The van der Waals surface area contributed by atoms with Crippen molar-refractivity contribution in [2.75, 3.05) is 13.2 Å². The number of rotatable bonds is 5. The molecule has 98 valence electrons. The molecule has 0 saturated carbocycles. The molecular weight excluding hydrogens is 236 g/mol. The highest BCUT2D eigenvalue weighted by atomic mass is 16.8. The first-order valence-corrected chi connectivity index (χ1v) is 5.76. The van der Waals surface area contributed by atoms with Crippen LogP contribution in [-0.2, 0) is 20.8 Å². The Morgan fingerprint density at radius 3 is 2.78 bits per heavy atom. The lowest BCUT2D eigenvalue weighted by molar-refractivity contribution is -0.0555. The van der Waals surface area contributed by atoms with Gasteiger partial charge in [0.2, 0.25) is 0 Å². The molecule has 1 heterocycles. The number of aliphatic hydroxyl groups excluding tert-OH is 1. The van der Waals surface area contributed by atoms with Crippen molar-refractivity contribution in [2.24, 2.45) is 0 Å². The molecule has 1 aromatic carbocycles. The van der Waals surface area contributed by atoms with Crippen molar-refractivity contribution in [1.82, 2.24) is 0 Å². The molecule has 0 radical (unpaired) electrons. The van der Waals surface area contributed by atoms with E-state index < -0.39 is 17.9 Å². The molecule has 1 aromatic rings. The van der Waals surface area contributed by atoms with Crippen LogP contribution in [0, 0.1) is 0 Å². The summed E-state index contributed by atoms with van der Waals surface area (Å²) in [6, 6.07) is 9.68. The number of aliphatic hydroxyl groups is 1. The minimum absolute atomic E-state index is 0.179. The van der Waals surface area contributed by atoms with Gasteiger partial charge in [0.1, 0.15) is 0 Å². The number of benzene rings is 1. The smallest absolute Gasteiger partial charge is 0.424 e. The van der Waals surface area contributed by atoms with Crippen LogP contribution in [0.5, 0.6) is 0 Å². The largest absolute Gasteiger partial charge is 0.509 e. The fourth-order valence-corrected chi connectivity index (χ4v) is 1.82. The summed E-state index contributed by atoms with van der Waals surface area (Å²) in [6.07, 6.45) is -1.44. The summed E-state index contributed by atoms with van der Waals surface area (Å²) >= 11 is 0. The normalized spacial score (nSPS) is 26.8. The van der Waals surface area contributed by atoms with Gasteiger partial charge in [0.25, 0.3) is 0 Å². The maximum Gasteiger partial charge on any atom is 0.509 e. The lowest BCUT2D eigenvalue weighted by Crippen LogP contribution is -2.43. The van der Waals surface area contributed by atoms with E-state index in [0.717, 1.165) is 5.56 Å². The molecule has 0 bridgehead atoms. The quantitative estimate of drug-likeness (QED) is 0.804. The van der Waals surface area contributed by atoms with Gasteiger partial charge in [0.15, 0.2) is 11.7 Å². The lowest BCUT2D eigenvalue weighted by Gasteiger charge is -2.25. The molecule has 1 saturated heterocycles. The molecule has 0 spiro atoms. The van der Waals surface area contributed by atoms with Crippen LogP contribution >= 0.6 is 0 Å². The zero-order valence-electron chi connectivity index (χ0n) is 10.2. The molecular formula is C13H16O5. The molecule has 1 N–H and O–H groups in total. The van der Waals surface area contributed by atoms with E-state index in [4.69, 9.17) is 19.3 Å². The van der Waals surface area contributed by atoms with Gasteiger partial charge in [-0.15, -0.1) is 0 Å². The zero-order valence-corrected chi connectivity index (χ0v) is 10.2. The minimum atomic E-state index is -0.930. The monoisotopic (exact) mass is 252 g/mol. The van der Waals surface area contributed by atoms with Crippen molar-refractivity contribution in [3.63, 3.8) is 0 Å². The van der Waals surface area contributed by atoms with Gasteiger partial charge in [0, 0.05) is 0 Å². The number of hydrogen-bond acceptors (Lipinski definition) is 5. The van der Waals surface area contributed by atoms with Crippen LogP contribution in [0.25, 0.3) is 0 Å². The summed E-state index contributed by atoms with van der Waals surface area (Å²) < 4.78 is 15.4. The first-order chi connectivity index (χ1) is 8.64.